The Bertz CT molecular complexity index is 555. The van der Waals surface area contributed by atoms with Crippen LogP contribution in [0.2, 0.25) is 0 Å². The van der Waals surface area contributed by atoms with Gasteiger partial charge in [0.25, 0.3) is 0 Å². The molecule has 3 N–H and O–H groups in total. The summed E-state index contributed by atoms with van der Waals surface area (Å²) in [5.74, 6) is -0.935. The Labute approximate surface area is 128 Å². The second-order valence-corrected chi connectivity index (χ2v) is 4.55. The van der Waals surface area contributed by atoms with Crippen molar-refractivity contribution >= 4 is 12.1 Å². The number of nitrogens with one attached hydrogen (secondary N) is 1. The van der Waals surface area contributed by atoms with Crippen LogP contribution in [-0.4, -0.2) is 42.0 Å². The molecule has 0 aliphatic rings. The number of hydrogen-bond donors (Lipinski definition) is 3. The van der Waals surface area contributed by atoms with Crippen molar-refractivity contribution in [3.05, 3.63) is 35.9 Å². The summed E-state index contributed by atoms with van der Waals surface area (Å²) in [5, 5.41) is 20.9. The maximum Gasteiger partial charge on any atom is 0.407 e. The van der Waals surface area contributed by atoms with Gasteiger partial charge >= 0.3 is 12.1 Å². The topological polar surface area (TPSA) is 105 Å². The van der Waals surface area contributed by atoms with Gasteiger partial charge in [0.1, 0.15) is 6.61 Å². The quantitative estimate of drug-likeness (QED) is 0.305. The summed E-state index contributed by atoms with van der Waals surface area (Å²) in [4.78, 5) is 22.4. The number of phenolic OH excluding ortho intramolecular Hbond substituents is 2. The fourth-order valence-corrected chi connectivity index (χ4v) is 1.46. The molecule has 0 saturated heterocycles. The van der Waals surface area contributed by atoms with Crippen LogP contribution >= 0.6 is 0 Å². The lowest BCUT2D eigenvalue weighted by Gasteiger charge is -2.08. The first-order valence-corrected chi connectivity index (χ1v) is 6.64. The van der Waals surface area contributed by atoms with Crippen molar-refractivity contribution in [2.45, 2.75) is 13.3 Å². The van der Waals surface area contributed by atoms with Crippen LogP contribution in [0.4, 0.5) is 4.79 Å². The molecule has 0 unspecified atom stereocenters. The molecule has 1 aromatic carbocycles. The molecule has 1 amide bonds. The minimum Gasteiger partial charge on any atom is -0.504 e. The number of phenols is 2. The highest BCUT2D eigenvalue weighted by Crippen LogP contribution is 2.24. The summed E-state index contributed by atoms with van der Waals surface area (Å²) in [5.41, 5.74) is 1.01. The molecule has 0 aliphatic carbocycles. The third kappa shape index (κ3) is 6.17. The number of aromatic hydroxyl groups is 2. The van der Waals surface area contributed by atoms with Crippen molar-refractivity contribution in [1.82, 2.24) is 5.32 Å². The van der Waals surface area contributed by atoms with Crippen LogP contribution in [0.25, 0.3) is 0 Å². The molecule has 0 fully saturated rings. The molecular formula is C15H19NO6. The normalized spacial score (nSPS) is 9.86. The second-order valence-electron chi connectivity index (χ2n) is 4.55. The van der Waals surface area contributed by atoms with E-state index in [9.17, 15) is 14.7 Å². The van der Waals surface area contributed by atoms with E-state index in [1.165, 1.54) is 19.1 Å². The van der Waals surface area contributed by atoms with Gasteiger partial charge in [-0.05, 0) is 24.6 Å². The number of ether oxygens (including phenoxy) is 2. The lowest BCUT2D eigenvalue weighted by Crippen LogP contribution is -2.29. The molecule has 0 atom stereocenters. The fraction of sp³-hybridized carbons (Fsp3) is 0.333. The van der Waals surface area contributed by atoms with Crippen molar-refractivity contribution in [1.29, 1.82) is 0 Å². The van der Waals surface area contributed by atoms with Gasteiger partial charge in [-0.3, -0.25) is 0 Å². The van der Waals surface area contributed by atoms with E-state index in [0.29, 0.717) is 12.0 Å². The number of hydrogen-bond acceptors (Lipinski definition) is 6. The number of esters is 1. The van der Waals surface area contributed by atoms with Crippen molar-refractivity contribution in [2.24, 2.45) is 0 Å². The van der Waals surface area contributed by atoms with Crippen molar-refractivity contribution in [2.75, 3.05) is 19.8 Å². The number of amides is 1. The van der Waals surface area contributed by atoms with Crippen LogP contribution in [0, 0.1) is 0 Å². The molecule has 0 bridgehead atoms. The molecule has 0 radical (unpaired) electrons. The molecule has 22 heavy (non-hydrogen) atoms. The third-order valence-electron chi connectivity index (χ3n) is 2.62. The lowest BCUT2D eigenvalue weighted by molar-refractivity contribution is -0.138. The average Bonchev–Trinajstić information content (AvgIpc) is 2.47. The number of rotatable bonds is 7. The molecule has 0 spiro atoms. The van der Waals surface area contributed by atoms with E-state index < -0.39 is 12.1 Å². The van der Waals surface area contributed by atoms with Gasteiger partial charge < -0.3 is 25.0 Å². The zero-order valence-corrected chi connectivity index (χ0v) is 12.3. The Hall–Kier alpha value is -2.70. The molecule has 0 saturated carbocycles. The summed E-state index contributed by atoms with van der Waals surface area (Å²) in [7, 11) is 0. The molecule has 1 rings (SSSR count). The average molecular weight is 309 g/mol. The first-order chi connectivity index (χ1) is 10.4. The largest absolute Gasteiger partial charge is 0.504 e. The minimum absolute atomic E-state index is 0.0344. The number of carbonyl (C=O) groups is 2. The van der Waals surface area contributed by atoms with Gasteiger partial charge in [-0.2, -0.15) is 0 Å². The highest BCUT2D eigenvalue weighted by molar-refractivity contribution is 5.86. The monoisotopic (exact) mass is 309 g/mol. The predicted octanol–water partition coefficient (Wildman–Crippen LogP) is 1.49. The molecule has 120 valence electrons. The van der Waals surface area contributed by atoms with E-state index in [0.717, 1.165) is 5.56 Å². The highest BCUT2D eigenvalue weighted by Gasteiger charge is 2.05. The SMILES string of the molecule is C=C(C)C(=O)OCCNC(=O)OCCc1ccc(O)c(O)c1. The van der Waals surface area contributed by atoms with Gasteiger partial charge in [0.05, 0.1) is 13.2 Å². The third-order valence-corrected chi connectivity index (χ3v) is 2.62. The second kappa shape index (κ2) is 8.56. The van der Waals surface area contributed by atoms with Gasteiger partial charge in [0.2, 0.25) is 0 Å². The van der Waals surface area contributed by atoms with Gasteiger partial charge in [0.15, 0.2) is 11.5 Å². The van der Waals surface area contributed by atoms with E-state index in [2.05, 4.69) is 11.9 Å². The van der Waals surface area contributed by atoms with Crippen LogP contribution in [0.5, 0.6) is 11.5 Å². The van der Waals surface area contributed by atoms with Crippen LogP contribution in [0.15, 0.2) is 30.4 Å². The smallest absolute Gasteiger partial charge is 0.407 e. The number of carbonyl (C=O) groups excluding carboxylic acids is 2. The summed E-state index contributed by atoms with van der Waals surface area (Å²) in [6, 6.07) is 4.38. The summed E-state index contributed by atoms with van der Waals surface area (Å²) < 4.78 is 9.71. The summed E-state index contributed by atoms with van der Waals surface area (Å²) in [6.07, 6.45) is -0.235. The molecule has 0 aliphatic heterocycles. The Morgan fingerprint density at radius 2 is 1.91 bits per heavy atom. The molecular weight excluding hydrogens is 290 g/mol. The Morgan fingerprint density at radius 3 is 2.55 bits per heavy atom. The van der Waals surface area contributed by atoms with E-state index >= 15 is 0 Å². The van der Waals surface area contributed by atoms with Crippen molar-refractivity contribution < 1.29 is 29.3 Å². The zero-order valence-electron chi connectivity index (χ0n) is 12.3. The molecule has 0 aromatic heterocycles. The summed E-state index contributed by atoms with van der Waals surface area (Å²) in [6.45, 7) is 5.25. The standard InChI is InChI=1S/C15H19NO6/c1-10(2)14(19)21-8-6-16-15(20)22-7-5-11-3-4-12(17)13(18)9-11/h3-4,9,17-18H,1,5-8H2,2H3,(H,16,20). The minimum atomic E-state index is -0.630. The Kier molecular flexibility index (Phi) is 6.75. The van der Waals surface area contributed by atoms with Crippen molar-refractivity contribution in [3.63, 3.8) is 0 Å². The fourth-order valence-electron chi connectivity index (χ4n) is 1.46. The number of alkyl carbamates (subject to hydrolysis) is 1. The maximum absolute atomic E-state index is 11.4. The Morgan fingerprint density at radius 1 is 1.18 bits per heavy atom. The van der Waals surface area contributed by atoms with Gasteiger partial charge in [0, 0.05) is 12.0 Å². The highest BCUT2D eigenvalue weighted by atomic mass is 16.6. The first-order valence-electron chi connectivity index (χ1n) is 6.64. The van der Waals surface area contributed by atoms with Crippen LogP contribution < -0.4 is 5.32 Å². The molecule has 7 heteroatoms. The summed E-state index contributed by atoms with van der Waals surface area (Å²) >= 11 is 0. The maximum atomic E-state index is 11.4. The van der Waals surface area contributed by atoms with Gasteiger partial charge in [-0.1, -0.05) is 12.6 Å². The van der Waals surface area contributed by atoms with Crippen LogP contribution in [0.1, 0.15) is 12.5 Å². The van der Waals surface area contributed by atoms with E-state index in [-0.39, 0.29) is 31.3 Å². The van der Waals surface area contributed by atoms with E-state index in [4.69, 9.17) is 14.6 Å². The van der Waals surface area contributed by atoms with Gasteiger partial charge in [-0.15, -0.1) is 0 Å². The van der Waals surface area contributed by atoms with Gasteiger partial charge in [-0.25, -0.2) is 9.59 Å². The molecule has 0 heterocycles. The van der Waals surface area contributed by atoms with Crippen molar-refractivity contribution in [3.8, 4) is 11.5 Å². The van der Waals surface area contributed by atoms with E-state index in [1.807, 2.05) is 0 Å². The van der Waals surface area contributed by atoms with Crippen LogP contribution in [-0.2, 0) is 20.7 Å². The lowest BCUT2D eigenvalue weighted by atomic mass is 10.1. The zero-order chi connectivity index (χ0) is 16.5. The van der Waals surface area contributed by atoms with E-state index in [1.54, 1.807) is 6.07 Å². The predicted molar refractivity (Wildman–Crippen MR) is 78.6 cm³/mol. The Balaban J connectivity index is 2.17. The number of benzene rings is 1. The first kappa shape index (κ1) is 17.4. The molecule has 7 nitrogen and oxygen atoms in total. The molecule has 1 aromatic rings. The van der Waals surface area contributed by atoms with Crippen LogP contribution in [0.3, 0.4) is 0 Å².